The molecular formula is C24H36Br3N3O8. The molecule has 0 aromatic carbocycles. The van der Waals surface area contributed by atoms with E-state index in [0.29, 0.717) is 5.06 Å². The fourth-order valence-electron chi connectivity index (χ4n) is 3.18. The van der Waals surface area contributed by atoms with Crippen molar-refractivity contribution in [2.75, 3.05) is 26.3 Å². The molecule has 0 bridgehead atoms. The van der Waals surface area contributed by atoms with E-state index in [4.69, 9.17) is 9.57 Å². The lowest BCUT2D eigenvalue weighted by Gasteiger charge is -2.36. The third kappa shape index (κ3) is 11.4. The van der Waals surface area contributed by atoms with E-state index in [0.717, 1.165) is 0 Å². The summed E-state index contributed by atoms with van der Waals surface area (Å²) in [5.74, 6) is -2.95. The Hall–Kier alpha value is -1.38. The van der Waals surface area contributed by atoms with Crippen LogP contribution in [0.4, 0.5) is 0 Å². The third-order valence-electron chi connectivity index (χ3n) is 5.70. The van der Waals surface area contributed by atoms with Crippen LogP contribution in [-0.2, 0) is 38.3 Å². The van der Waals surface area contributed by atoms with Gasteiger partial charge in [-0.15, -0.1) is 5.06 Å². The molecule has 0 atom stereocenters. The maximum atomic E-state index is 12.7. The number of imide groups is 1. The molecule has 0 spiro atoms. The lowest BCUT2D eigenvalue weighted by molar-refractivity contribution is -0.200. The number of carbonyl (C=O) groups excluding carboxylic acids is 6. The summed E-state index contributed by atoms with van der Waals surface area (Å²) in [5.41, 5.74) is -1.00. The zero-order chi connectivity index (χ0) is 29.5. The van der Waals surface area contributed by atoms with Crippen molar-refractivity contribution in [2.45, 2.75) is 80.2 Å². The minimum atomic E-state index is -1.00. The lowest BCUT2D eigenvalue weighted by Crippen LogP contribution is -2.52. The lowest BCUT2D eigenvalue weighted by atomic mass is 9.81. The molecule has 0 aromatic rings. The van der Waals surface area contributed by atoms with Crippen molar-refractivity contribution in [1.29, 1.82) is 0 Å². The molecule has 1 heterocycles. The predicted molar refractivity (Wildman–Crippen MR) is 150 cm³/mol. The first-order chi connectivity index (χ1) is 17.2. The van der Waals surface area contributed by atoms with E-state index >= 15 is 0 Å². The smallest absolute Gasteiger partial charge is 0.358 e. The molecule has 1 fully saturated rings. The standard InChI is InChI=1S/C24H36Br3N3O8/c1-21(2,25)15(31)9-10-24(12-28-19(35)22(3,4)26,13-29-20(36)23(5,6)27)14-37-11-18(34)38-30-16(32)7-8-17(30)33/h7-14H2,1-6H3,(H,28,35)(H,29,36). The summed E-state index contributed by atoms with van der Waals surface area (Å²) in [6.07, 6.45) is 0.206. The van der Waals surface area contributed by atoms with Crippen LogP contribution in [-0.4, -0.2) is 79.7 Å². The van der Waals surface area contributed by atoms with Crippen LogP contribution in [0.25, 0.3) is 0 Å². The zero-order valence-electron chi connectivity index (χ0n) is 22.5. The highest BCUT2D eigenvalue weighted by atomic mass is 79.9. The molecule has 0 unspecified atom stereocenters. The summed E-state index contributed by atoms with van der Waals surface area (Å²) < 4.78 is 3.07. The number of alkyl halides is 3. The molecule has 0 aromatic heterocycles. The quantitative estimate of drug-likeness (QED) is 0.193. The van der Waals surface area contributed by atoms with Crippen LogP contribution in [0.15, 0.2) is 0 Å². The van der Waals surface area contributed by atoms with Gasteiger partial charge in [-0.05, 0) is 48.0 Å². The second-order valence-corrected chi connectivity index (χ2v) is 16.7. The predicted octanol–water partition coefficient (Wildman–Crippen LogP) is 2.70. The van der Waals surface area contributed by atoms with Crippen LogP contribution in [0.1, 0.15) is 67.2 Å². The Labute approximate surface area is 248 Å². The minimum Gasteiger partial charge on any atom is -0.369 e. The number of hydroxylamine groups is 2. The number of carbonyl (C=O) groups is 6. The fourth-order valence-corrected chi connectivity index (χ4v) is 3.66. The van der Waals surface area contributed by atoms with Crippen molar-refractivity contribution in [3.63, 3.8) is 0 Å². The normalized spacial score (nSPS) is 14.9. The topological polar surface area (TPSA) is 148 Å². The van der Waals surface area contributed by atoms with Crippen LogP contribution in [0.2, 0.25) is 0 Å². The third-order valence-corrected chi connectivity index (χ3v) is 6.86. The van der Waals surface area contributed by atoms with Gasteiger partial charge in [-0.25, -0.2) is 4.79 Å². The van der Waals surface area contributed by atoms with E-state index in [1.807, 2.05) is 0 Å². The van der Waals surface area contributed by atoms with Gasteiger partial charge >= 0.3 is 5.97 Å². The Morgan fingerprint density at radius 1 is 0.816 bits per heavy atom. The molecule has 0 saturated carbocycles. The Morgan fingerprint density at radius 3 is 1.66 bits per heavy atom. The van der Waals surface area contributed by atoms with Crippen molar-refractivity contribution >= 4 is 83.2 Å². The first-order valence-electron chi connectivity index (χ1n) is 12.0. The van der Waals surface area contributed by atoms with Crippen LogP contribution >= 0.6 is 47.8 Å². The van der Waals surface area contributed by atoms with Crippen molar-refractivity contribution in [2.24, 2.45) is 5.41 Å². The summed E-state index contributed by atoms with van der Waals surface area (Å²) in [4.78, 5) is 78.5. The molecule has 1 rings (SSSR count). The highest BCUT2D eigenvalue weighted by Crippen LogP contribution is 2.29. The Morgan fingerprint density at radius 2 is 1.26 bits per heavy atom. The van der Waals surface area contributed by atoms with Crippen LogP contribution in [0.5, 0.6) is 0 Å². The number of halogens is 3. The van der Waals surface area contributed by atoms with Crippen molar-refractivity contribution in [1.82, 2.24) is 15.7 Å². The van der Waals surface area contributed by atoms with E-state index in [2.05, 4.69) is 58.4 Å². The second-order valence-electron chi connectivity index (χ2n) is 10.7. The van der Waals surface area contributed by atoms with E-state index in [-0.39, 0.29) is 63.0 Å². The number of ether oxygens (including phenoxy) is 1. The van der Waals surface area contributed by atoms with Crippen LogP contribution in [0, 0.1) is 5.41 Å². The number of rotatable bonds is 15. The molecule has 38 heavy (non-hydrogen) atoms. The second kappa shape index (κ2) is 13.8. The SMILES string of the molecule is CC(C)(Br)C(=O)CCC(CNC(=O)C(C)(C)Br)(CNC(=O)C(C)(C)Br)COCC(=O)ON1C(=O)CCC1=O. The zero-order valence-corrected chi connectivity index (χ0v) is 27.3. The van der Waals surface area contributed by atoms with Gasteiger partial charge in [0.2, 0.25) is 11.8 Å². The van der Waals surface area contributed by atoms with Gasteiger partial charge in [-0.1, -0.05) is 47.8 Å². The summed E-state index contributed by atoms with van der Waals surface area (Å²) in [6, 6.07) is 0. The molecule has 14 heteroatoms. The van der Waals surface area contributed by atoms with Gasteiger partial charge in [0.05, 0.1) is 19.6 Å². The first-order valence-corrected chi connectivity index (χ1v) is 14.4. The molecule has 2 N–H and O–H groups in total. The average molecular weight is 734 g/mol. The molecule has 0 radical (unpaired) electrons. The van der Waals surface area contributed by atoms with Crippen molar-refractivity contribution < 1.29 is 38.3 Å². The van der Waals surface area contributed by atoms with E-state index in [9.17, 15) is 28.8 Å². The van der Waals surface area contributed by atoms with Gasteiger partial charge in [-0.3, -0.25) is 24.0 Å². The molecule has 216 valence electrons. The largest absolute Gasteiger partial charge is 0.369 e. The Kier molecular flexibility index (Phi) is 12.6. The van der Waals surface area contributed by atoms with Crippen LogP contribution in [0.3, 0.4) is 0 Å². The number of Topliss-reactive ketones (excluding diaryl/α,β-unsaturated/α-hetero) is 1. The van der Waals surface area contributed by atoms with Crippen molar-refractivity contribution in [3.05, 3.63) is 0 Å². The molecule has 4 amide bonds. The highest BCUT2D eigenvalue weighted by molar-refractivity contribution is 9.10. The fraction of sp³-hybridized carbons (Fsp3) is 0.750. The summed E-state index contributed by atoms with van der Waals surface area (Å²) in [5, 5.41) is 6.09. The number of amides is 4. The monoisotopic (exact) mass is 731 g/mol. The van der Waals surface area contributed by atoms with Gasteiger partial charge in [0, 0.05) is 37.8 Å². The number of hydrogen-bond donors (Lipinski definition) is 2. The number of ketones is 1. The molecule has 0 aliphatic carbocycles. The molecule has 11 nitrogen and oxygen atoms in total. The van der Waals surface area contributed by atoms with E-state index in [1.54, 1.807) is 41.5 Å². The highest BCUT2D eigenvalue weighted by Gasteiger charge is 2.38. The number of nitrogens with one attached hydrogen (secondary N) is 2. The molecule has 1 saturated heterocycles. The Bertz CT molecular complexity index is 846. The average Bonchev–Trinajstić information content (AvgIpc) is 3.09. The van der Waals surface area contributed by atoms with Gasteiger partial charge in [0.15, 0.2) is 0 Å². The molecule has 1 aliphatic heterocycles. The minimum absolute atomic E-state index is 0.0119. The van der Waals surface area contributed by atoms with Gasteiger partial charge in [-0.2, -0.15) is 0 Å². The summed E-state index contributed by atoms with van der Waals surface area (Å²) in [6.45, 7) is 9.37. The van der Waals surface area contributed by atoms with Crippen LogP contribution < -0.4 is 10.6 Å². The van der Waals surface area contributed by atoms with Gasteiger partial charge in [0.1, 0.15) is 12.4 Å². The Balaban J connectivity index is 3.11. The summed E-state index contributed by atoms with van der Waals surface area (Å²) in [7, 11) is 0. The summed E-state index contributed by atoms with van der Waals surface area (Å²) >= 11 is 9.98. The van der Waals surface area contributed by atoms with E-state index < -0.39 is 42.8 Å². The maximum absolute atomic E-state index is 12.7. The maximum Gasteiger partial charge on any atom is 0.358 e. The molecule has 1 aliphatic rings. The van der Waals surface area contributed by atoms with Gasteiger partial charge in [0.25, 0.3) is 11.8 Å². The molecular weight excluding hydrogens is 698 g/mol. The first kappa shape index (κ1) is 34.6. The number of nitrogens with zero attached hydrogens (tertiary/aromatic N) is 1. The van der Waals surface area contributed by atoms with Gasteiger partial charge < -0.3 is 20.2 Å². The number of hydrogen-bond acceptors (Lipinski definition) is 8. The van der Waals surface area contributed by atoms with Crippen molar-refractivity contribution in [3.8, 4) is 0 Å². The van der Waals surface area contributed by atoms with E-state index in [1.165, 1.54) is 0 Å².